The van der Waals surface area contributed by atoms with Gasteiger partial charge in [-0.2, -0.15) is 0 Å². The highest BCUT2D eigenvalue weighted by Gasteiger charge is 2.31. The van der Waals surface area contributed by atoms with E-state index >= 15 is 0 Å². The number of fused-ring (bicyclic) bond motifs is 1. The molecule has 0 radical (unpaired) electrons. The Balaban J connectivity index is 1.66. The monoisotopic (exact) mass is 274 g/mol. The van der Waals surface area contributed by atoms with E-state index in [1.807, 2.05) is 0 Å². The van der Waals surface area contributed by atoms with Gasteiger partial charge in [-0.25, -0.2) is 0 Å². The van der Waals surface area contributed by atoms with Gasteiger partial charge in [0.05, 0.1) is 0 Å². The van der Waals surface area contributed by atoms with E-state index in [0.29, 0.717) is 6.04 Å². The van der Waals surface area contributed by atoms with Gasteiger partial charge in [0.25, 0.3) is 0 Å². The van der Waals surface area contributed by atoms with Gasteiger partial charge >= 0.3 is 0 Å². The lowest BCUT2D eigenvalue weighted by atomic mass is 10.0. The largest absolute Gasteiger partial charge is 0.487 e. The maximum absolute atomic E-state index is 6.14. The van der Waals surface area contributed by atoms with Crippen molar-refractivity contribution < 1.29 is 4.74 Å². The zero-order valence-corrected chi connectivity index (χ0v) is 12.9. The van der Waals surface area contributed by atoms with Crippen LogP contribution >= 0.6 is 0 Å². The molecule has 110 valence electrons. The van der Waals surface area contributed by atoms with Gasteiger partial charge in [-0.05, 0) is 45.8 Å². The fourth-order valence-corrected chi connectivity index (χ4v) is 3.41. The minimum absolute atomic E-state index is 0.0521. The Morgan fingerprint density at radius 1 is 1.40 bits per heavy atom. The molecule has 1 atom stereocenters. The van der Waals surface area contributed by atoms with Crippen LogP contribution in [0.4, 0.5) is 0 Å². The lowest BCUT2D eigenvalue weighted by Gasteiger charge is -2.30. The topological polar surface area (TPSA) is 24.5 Å². The first-order valence-electron chi connectivity index (χ1n) is 7.75. The molecule has 0 saturated carbocycles. The van der Waals surface area contributed by atoms with Crippen LogP contribution in [0, 0.1) is 0 Å². The third kappa shape index (κ3) is 2.99. The van der Waals surface area contributed by atoms with Crippen molar-refractivity contribution >= 4 is 0 Å². The van der Waals surface area contributed by atoms with Crippen molar-refractivity contribution in [3.8, 4) is 5.75 Å². The molecule has 1 aromatic carbocycles. The van der Waals surface area contributed by atoms with Crippen LogP contribution in [-0.4, -0.2) is 36.7 Å². The van der Waals surface area contributed by atoms with Crippen molar-refractivity contribution in [2.24, 2.45) is 0 Å². The van der Waals surface area contributed by atoms with E-state index in [0.717, 1.165) is 25.3 Å². The van der Waals surface area contributed by atoms with Crippen LogP contribution in [0.3, 0.4) is 0 Å². The van der Waals surface area contributed by atoms with E-state index in [1.54, 1.807) is 0 Å². The minimum Gasteiger partial charge on any atom is -0.487 e. The van der Waals surface area contributed by atoms with E-state index in [2.05, 4.69) is 49.3 Å². The molecule has 3 rings (SSSR count). The zero-order chi connectivity index (χ0) is 14.2. The average Bonchev–Trinajstić information content (AvgIpc) is 2.71. The van der Waals surface area contributed by atoms with Crippen LogP contribution in [0.25, 0.3) is 0 Å². The van der Waals surface area contributed by atoms with Gasteiger partial charge in [-0.3, -0.25) is 0 Å². The van der Waals surface area contributed by atoms with Crippen molar-refractivity contribution in [3.05, 3.63) is 29.3 Å². The van der Waals surface area contributed by atoms with Gasteiger partial charge in [-0.15, -0.1) is 0 Å². The predicted molar refractivity (Wildman–Crippen MR) is 82.2 cm³/mol. The minimum atomic E-state index is -0.0521. The smallest absolute Gasteiger partial charge is 0.127 e. The van der Waals surface area contributed by atoms with Gasteiger partial charge in [0.15, 0.2) is 0 Å². The van der Waals surface area contributed by atoms with Gasteiger partial charge in [0, 0.05) is 31.1 Å². The van der Waals surface area contributed by atoms with Gasteiger partial charge in [0.2, 0.25) is 0 Å². The fraction of sp³-hybridized carbons (Fsp3) is 0.647. The molecule has 1 N–H and O–H groups in total. The van der Waals surface area contributed by atoms with E-state index in [4.69, 9.17) is 4.74 Å². The lowest BCUT2D eigenvalue weighted by Crippen LogP contribution is -2.43. The third-order valence-electron chi connectivity index (χ3n) is 4.38. The highest BCUT2D eigenvalue weighted by atomic mass is 16.5. The Hall–Kier alpha value is -1.06. The SMILES string of the molecule is CN1CCCC(NCc2cccc3c2OC(C)(C)C3)C1. The van der Waals surface area contributed by atoms with Crippen LogP contribution in [0.15, 0.2) is 18.2 Å². The van der Waals surface area contributed by atoms with Crippen molar-refractivity contribution in [1.29, 1.82) is 0 Å². The molecule has 1 fully saturated rings. The molecule has 0 aromatic heterocycles. The van der Waals surface area contributed by atoms with E-state index in [1.165, 1.54) is 30.5 Å². The van der Waals surface area contributed by atoms with E-state index in [9.17, 15) is 0 Å². The zero-order valence-electron chi connectivity index (χ0n) is 12.9. The Kier molecular flexibility index (Phi) is 3.74. The summed E-state index contributed by atoms with van der Waals surface area (Å²) >= 11 is 0. The second-order valence-corrected chi connectivity index (χ2v) is 6.93. The number of ether oxygens (including phenoxy) is 1. The first kappa shape index (κ1) is 13.9. The van der Waals surface area contributed by atoms with Crippen LogP contribution in [-0.2, 0) is 13.0 Å². The van der Waals surface area contributed by atoms with Crippen LogP contribution in [0.5, 0.6) is 5.75 Å². The maximum Gasteiger partial charge on any atom is 0.127 e. The van der Waals surface area contributed by atoms with Crippen LogP contribution in [0.1, 0.15) is 37.8 Å². The van der Waals surface area contributed by atoms with Gasteiger partial charge < -0.3 is 15.0 Å². The van der Waals surface area contributed by atoms with Crippen LogP contribution < -0.4 is 10.1 Å². The Labute approximate surface area is 122 Å². The standard InChI is InChI=1S/C17H26N2O/c1-17(2)10-13-6-4-7-14(16(13)20-17)11-18-15-8-5-9-19(3)12-15/h4,6-7,15,18H,5,8-12H2,1-3H3. The number of hydrogen-bond acceptors (Lipinski definition) is 3. The summed E-state index contributed by atoms with van der Waals surface area (Å²) in [6.45, 7) is 7.63. The summed E-state index contributed by atoms with van der Waals surface area (Å²) in [4.78, 5) is 2.41. The number of piperidine rings is 1. The number of nitrogens with zero attached hydrogens (tertiary/aromatic N) is 1. The molecule has 0 aliphatic carbocycles. The number of para-hydroxylation sites is 1. The van der Waals surface area contributed by atoms with Crippen molar-refractivity contribution in [3.63, 3.8) is 0 Å². The predicted octanol–water partition coefficient (Wildman–Crippen LogP) is 2.58. The van der Waals surface area contributed by atoms with Crippen molar-refractivity contribution in [2.45, 2.75) is 51.3 Å². The van der Waals surface area contributed by atoms with E-state index in [-0.39, 0.29) is 5.60 Å². The average molecular weight is 274 g/mol. The normalized spacial score (nSPS) is 25.2. The molecule has 20 heavy (non-hydrogen) atoms. The number of likely N-dealkylation sites (N-methyl/N-ethyl adjacent to an activating group) is 1. The first-order chi connectivity index (χ1) is 9.53. The summed E-state index contributed by atoms with van der Waals surface area (Å²) in [6.07, 6.45) is 3.60. The van der Waals surface area contributed by atoms with Crippen molar-refractivity contribution in [1.82, 2.24) is 10.2 Å². The molecular weight excluding hydrogens is 248 g/mol. The fourth-order valence-electron chi connectivity index (χ4n) is 3.41. The second-order valence-electron chi connectivity index (χ2n) is 6.93. The molecular formula is C17H26N2O. The number of benzene rings is 1. The van der Waals surface area contributed by atoms with Crippen LogP contribution in [0.2, 0.25) is 0 Å². The molecule has 2 aliphatic rings. The highest BCUT2D eigenvalue weighted by Crippen LogP contribution is 2.37. The summed E-state index contributed by atoms with van der Waals surface area (Å²) in [5.74, 6) is 1.12. The number of rotatable bonds is 3. The molecule has 3 nitrogen and oxygen atoms in total. The molecule has 0 bridgehead atoms. The highest BCUT2D eigenvalue weighted by molar-refractivity contribution is 5.45. The maximum atomic E-state index is 6.14. The Morgan fingerprint density at radius 3 is 3.05 bits per heavy atom. The van der Waals surface area contributed by atoms with Gasteiger partial charge in [0.1, 0.15) is 11.4 Å². The molecule has 1 unspecified atom stereocenters. The number of likely N-dealkylation sites (tertiary alicyclic amines) is 1. The molecule has 3 heteroatoms. The number of nitrogens with one attached hydrogen (secondary N) is 1. The summed E-state index contributed by atoms with van der Waals surface area (Å²) in [6, 6.07) is 7.16. The molecule has 1 aromatic rings. The Morgan fingerprint density at radius 2 is 2.25 bits per heavy atom. The molecule has 1 saturated heterocycles. The van der Waals surface area contributed by atoms with Crippen molar-refractivity contribution in [2.75, 3.05) is 20.1 Å². The molecule has 0 spiro atoms. The summed E-state index contributed by atoms with van der Waals surface area (Å²) in [7, 11) is 2.21. The summed E-state index contributed by atoms with van der Waals surface area (Å²) < 4.78 is 6.14. The van der Waals surface area contributed by atoms with E-state index < -0.39 is 0 Å². The quantitative estimate of drug-likeness (QED) is 0.917. The lowest BCUT2D eigenvalue weighted by molar-refractivity contribution is 0.137. The second kappa shape index (κ2) is 5.38. The molecule has 2 aliphatic heterocycles. The van der Waals surface area contributed by atoms with Gasteiger partial charge in [-0.1, -0.05) is 18.2 Å². The molecule has 0 amide bonds. The third-order valence-corrected chi connectivity index (χ3v) is 4.38. The molecule has 2 heterocycles. The number of hydrogen-bond donors (Lipinski definition) is 1. The summed E-state index contributed by atoms with van der Waals surface area (Å²) in [5.41, 5.74) is 2.61. The Bertz CT molecular complexity index is 484. The summed E-state index contributed by atoms with van der Waals surface area (Å²) in [5, 5.41) is 3.70. The first-order valence-corrected chi connectivity index (χ1v) is 7.75.